The Kier molecular flexibility index (Phi) is 4.28. The molecule has 1 N–H and O–H groups in total. The Balaban J connectivity index is 1.78. The summed E-state index contributed by atoms with van der Waals surface area (Å²) in [5, 5.41) is 3.70. The fraction of sp³-hybridized carbons (Fsp3) is 0.400. The number of hydrogen-bond acceptors (Lipinski definition) is 1. The average Bonchev–Trinajstić information content (AvgIpc) is 2.97. The van der Waals surface area contributed by atoms with Crippen LogP contribution < -0.4 is 5.32 Å². The molecule has 21 heavy (non-hydrogen) atoms. The average molecular weight is 279 g/mol. The molecule has 2 aromatic rings. The quantitative estimate of drug-likeness (QED) is 0.783. The third-order valence-electron chi connectivity index (χ3n) is 4.53. The van der Waals surface area contributed by atoms with Crippen molar-refractivity contribution in [3.8, 4) is 0 Å². The van der Waals surface area contributed by atoms with Gasteiger partial charge in [-0.25, -0.2) is 0 Å². The molecule has 1 unspecified atom stereocenters. The molecule has 3 rings (SSSR count). The first-order valence-electron chi connectivity index (χ1n) is 8.24. The van der Waals surface area contributed by atoms with E-state index in [2.05, 4.69) is 61.6 Å². The van der Waals surface area contributed by atoms with Crippen LogP contribution in [0.2, 0.25) is 0 Å². The van der Waals surface area contributed by atoms with Crippen molar-refractivity contribution >= 4 is 5.69 Å². The van der Waals surface area contributed by atoms with Crippen LogP contribution >= 0.6 is 0 Å². The second-order valence-corrected chi connectivity index (χ2v) is 6.15. The van der Waals surface area contributed by atoms with Crippen LogP contribution in [-0.4, -0.2) is 0 Å². The molecule has 0 heterocycles. The Morgan fingerprint density at radius 3 is 2.71 bits per heavy atom. The maximum absolute atomic E-state index is 3.70. The molecule has 0 spiro atoms. The van der Waals surface area contributed by atoms with Gasteiger partial charge in [-0.1, -0.05) is 49.7 Å². The first-order valence-corrected chi connectivity index (χ1v) is 8.24. The van der Waals surface area contributed by atoms with Crippen molar-refractivity contribution in [2.24, 2.45) is 0 Å². The Bertz CT molecular complexity index is 615. The highest BCUT2D eigenvalue weighted by atomic mass is 14.9. The summed E-state index contributed by atoms with van der Waals surface area (Å²) >= 11 is 0. The summed E-state index contributed by atoms with van der Waals surface area (Å²) in [7, 11) is 0. The van der Waals surface area contributed by atoms with Crippen LogP contribution in [0.4, 0.5) is 5.69 Å². The van der Waals surface area contributed by atoms with Crippen LogP contribution in [0, 0.1) is 0 Å². The molecule has 0 saturated carbocycles. The highest BCUT2D eigenvalue weighted by Crippen LogP contribution is 2.28. The van der Waals surface area contributed by atoms with Crippen molar-refractivity contribution < 1.29 is 0 Å². The lowest BCUT2D eigenvalue weighted by Gasteiger charge is -2.19. The molecule has 0 aliphatic heterocycles. The highest BCUT2D eigenvalue weighted by Gasteiger charge is 2.14. The van der Waals surface area contributed by atoms with Crippen molar-refractivity contribution in [2.45, 2.75) is 52.0 Å². The number of benzene rings is 2. The first-order chi connectivity index (χ1) is 10.3. The molecule has 0 fully saturated rings. The molecule has 1 heteroatoms. The molecular formula is C20H25N. The van der Waals surface area contributed by atoms with Crippen LogP contribution in [-0.2, 0) is 19.3 Å². The summed E-state index contributed by atoms with van der Waals surface area (Å²) in [5.41, 5.74) is 7.22. The monoisotopic (exact) mass is 279 g/mol. The van der Waals surface area contributed by atoms with Gasteiger partial charge in [0.2, 0.25) is 0 Å². The maximum Gasteiger partial charge on any atom is 0.0485 e. The van der Waals surface area contributed by atoms with Crippen LogP contribution in [0.1, 0.15) is 55.0 Å². The van der Waals surface area contributed by atoms with E-state index in [-0.39, 0.29) is 0 Å². The molecule has 2 aromatic carbocycles. The van der Waals surface area contributed by atoms with Crippen molar-refractivity contribution in [1.82, 2.24) is 0 Å². The molecular weight excluding hydrogens is 254 g/mol. The van der Waals surface area contributed by atoms with E-state index in [4.69, 9.17) is 0 Å². The summed E-state index contributed by atoms with van der Waals surface area (Å²) < 4.78 is 0. The molecule has 1 nitrogen and oxygen atoms in total. The number of para-hydroxylation sites is 1. The Morgan fingerprint density at radius 2 is 1.86 bits per heavy atom. The van der Waals surface area contributed by atoms with E-state index in [1.165, 1.54) is 42.5 Å². The Hall–Kier alpha value is -1.76. The van der Waals surface area contributed by atoms with Gasteiger partial charge < -0.3 is 5.32 Å². The molecule has 0 aromatic heterocycles. The number of aryl methyl sites for hydroxylation is 3. The lowest BCUT2D eigenvalue weighted by molar-refractivity contribution is 0.864. The molecule has 1 atom stereocenters. The number of hydrogen-bond donors (Lipinski definition) is 1. The van der Waals surface area contributed by atoms with Gasteiger partial charge in [0.15, 0.2) is 0 Å². The van der Waals surface area contributed by atoms with Crippen molar-refractivity contribution in [1.29, 1.82) is 0 Å². The molecule has 0 bridgehead atoms. The van der Waals surface area contributed by atoms with Crippen molar-refractivity contribution in [2.75, 3.05) is 5.32 Å². The van der Waals surface area contributed by atoms with E-state index >= 15 is 0 Å². The van der Waals surface area contributed by atoms with Gasteiger partial charge in [-0.05, 0) is 60.9 Å². The van der Waals surface area contributed by atoms with Gasteiger partial charge in [0, 0.05) is 11.7 Å². The van der Waals surface area contributed by atoms with Gasteiger partial charge in [0.05, 0.1) is 0 Å². The van der Waals surface area contributed by atoms with Crippen LogP contribution in [0.3, 0.4) is 0 Å². The van der Waals surface area contributed by atoms with Crippen molar-refractivity contribution in [3.05, 3.63) is 64.7 Å². The maximum atomic E-state index is 3.70. The lowest BCUT2D eigenvalue weighted by Crippen LogP contribution is -2.09. The minimum absolute atomic E-state index is 0.355. The predicted octanol–water partition coefficient (Wildman–Crippen LogP) is 5.30. The largest absolute Gasteiger partial charge is 0.378 e. The normalized spacial score (nSPS) is 14.8. The lowest BCUT2D eigenvalue weighted by atomic mass is 10.0. The van der Waals surface area contributed by atoms with E-state index in [0.29, 0.717) is 6.04 Å². The van der Waals surface area contributed by atoms with Crippen LogP contribution in [0.15, 0.2) is 42.5 Å². The van der Waals surface area contributed by atoms with Gasteiger partial charge >= 0.3 is 0 Å². The van der Waals surface area contributed by atoms with Crippen LogP contribution in [0.25, 0.3) is 0 Å². The van der Waals surface area contributed by atoms with Crippen LogP contribution in [0.5, 0.6) is 0 Å². The molecule has 0 radical (unpaired) electrons. The minimum Gasteiger partial charge on any atom is -0.378 e. The Morgan fingerprint density at radius 1 is 1.05 bits per heavy atom. The van der Waals surface area contributed by atoms with E-state index in [0.717, 1.165) is 6.42 Å². The summed E-state index contributed by atoms with van der Waals surface area (Å²) in [6.45, 7) is 4.50. The zero-order valence-corrected chi connectivity index (χ0v) is 13.2. The number of fused-ring (bicyclic) bond motifs is 1. The number of anilines is 1. The van der Waals surface area contributed by atoms with E-state index in [9.17, 15) is 0 Å². The second kappa shape index (κ2) is 6.34. The topological polar surface area (TPSA) is 12.0 Å². The molecule has 110 valence electrons. The van der Waals surface area contributed by atoms with E-state index in [1.807, 2.05) is 0 Å². The standard InChI is InChI=1S/C20H25N/c1-3-7-17-8-4-5-11-20(17)21-15(2)18-13-12-16-9-6-10-19(16)14-18/h4-5,8,11-15,21H,3,6-7,9-10H2,1-2H3. The van der Waals surface area contributed by atoms with E-state index in [1.54, 1.807) is 11.1 Å². The number of rotatable bonds is 5. The molecule has 0 saturated heterocycles. The van der Waals surface area contributed by atoms with Gasteiger partial charge in [-0.15, -0.1) is 0 Å². The highest BCUT2D eigenvalue weighted by molar-refractivity contribution is 5.53. The fourth-order valence-electron chi connectivity index (χ4n) is 3.33. The summed E-state index contributed by atoms with van der Waals surface area (Å²) in [4.78, 5) is 0. The fourth-order valence-corrected chi connectivity index (χ4v) is 3.33. The minimum atomic E-state index is 0.355. The number of nitrogens with one attached hydrogen (secondary N) is 1. The van der Waals surface area contributed by atoms with Gasteiger partial charge in [-0.2, -0.15) is 0 Å². The van der Waals surface area contributed by atoms with Gasteiger partial charge in [0.1, 0.15) is 0 Å². The molecule has 0 amide bonds. The third kappa shape index (κ3) is 3.12. The van der Waals surface area contributed by atoms with Crippen molar-refractivity contribution in [3.63, 3.8) is 0 Å². The summed E-state index contributed by atoms with van der Waals surface area (Å²) in [5.74, 6) is 0. The molecule has 1 aliphatic rings. The van der Waals surface area contributed by atoms with Gasteiger partial charge in [-0.3, -0.25) is 0 Å². The third-order valence-corrected chi connectivity index (χ3v) is 4.53. The smallest absolute Gasteiger partial charge is 0.0485 e. The zero-order valence-electron chi connectivity index (χ0n) is 13.2. The first kappa shape index (κ1) is 14.2. The van der Waals surface area contributed by atoms with E-state index < -0.39 is 0 Å². The summed E-state index contributed by atoms with van der Waals surface area (Å²) in [6.07, 6.45) is 6.16. The molecule has 1 aliphatic carbocycles. The second-order valence-electron chi connectivity index (χ2n) is 6.15. The SMILES string of the molecule is CCCc1ccccc1NC(C)c1ccc2c(c1)CCC2. The van der Waals surface area contributed by atoms with Gasteiger partial charge in [0.25, 0.3) is 0 Å². The zero-order chi connectivity index (χ0) is 14.7. The summed E-state index contributed by atoms with van der Waals surface area (Å²) in [6, 6.07) is 16.1. The predicted molar refractivity (Wildman–Crippen MR) is 90.9 cm³/mol. The Labute approximate surface area is 128 Å².